The number of nitrogens with one attached hydrogen (secondary N) is 1. The van der Waals surface area contributed by atoms with Crippen LogP contribution >= 0.6 is 12.2 Å². The molecule has 1 saturated heterocycles. The Morgan fingerprint density at radius 2 is 1.81 bits per heavy atom. The zero-order valence-electron chi connectivity index (χ0n) is 14.7. The summed E-state index contributed by atoms with van der Waals surface area (Å²) in [6, 6.07) is 12.8. The molecule has 6 heteroatoms. The van der Waals surface area contributed by atoms with Crippen molar-refractivity contribution < 1.29 is 14.3 Å². The van der Waals surface area contributed by atoms with Crippen molar-refractivity contribution >= 4 is 40.9 Å². The van der Waals surface area contributed by atoms with E-state index in [1.54, 1.807) is 31.4 Å². The molecule has 0 unspecified atom stereocenters. The lowest BCUT2D eigenvalue weighted by Crippen LogP contribution is -2.54. The third-order valence-electron chi connectivity index (χ3n) is 4.19. The third kappa shape index (κ3) is 3.23. The zero-order valence-corrected chi connectivity index (χ0v) is 15.5. The Balaban J connectivity index is 2.03. The van der Waals surface area contributed by atoms with Gasteiger partial charge in [-0.2, -0.15) is 0 Å². The molecule has 3 rings (SSSR count). The third-order valence-corrected chi connectivity index (χ3v) is 4.47. The highest BCUT2D eigenvalue weighted by atomic mass is 32.1. The Kier molecular flexibility index (Phi) is 4.86. The van der Waals surface area contributed by atoms with Crippen molar-refractivity contribution in [2.24, 2.45) is 0 Å². The molecule has 26 heavy (non-hydrogen) atoms. The van der Waals surface area contributed by atoms with Gasteiger partial charge in [0.1, 0.15) is 11.3 Å². The fraction of sp³-hybridized carbons (Fsp3) is 0.150. The molecule has 1 aliphatic rings. The van der Waals surface area contributed by atoms with Crippen LogP contribution in [0.2, 0.25) is 0 Å². The topological polar surface area (TPSA) is 58.6 Å². The minimum Gasteiger partial charge on any atom is -0.496 e. The summed E-state index contributed by atoms with van der Waals surface area (Å²) in [5.41, 5.74) is 3.22. The number of ether oxygens (including phenoxy) is 1. The summed E-state index contributed by atoms with van der Waals surface area (Å²) in [5, 5.41) is 2.68. The smallest absolute Gasteiger partial charge is 0.270 e. The molecule has 132 valence electrons. The number of carbonyl (C=O) groups excluding carboxylic acids is 2. The Bertz CT molecular complexity index is 950. The fourth-order valence-electron chi connectivity index (χ4n) is 2.85. The number of hydrogen-bond acceptors (Lipinski definition) is 4. The summed E-state index contributed by atoms with van der Waals surface area (Å²) in [4.78, 5) is 26.7. The Hall–Kier alpha value is -2.99. The van der Waals surface area contributed by atoms with E-state index in [2.05, 4.69) is 5.32 Å². The van der Waals surface area contributed by atoms with E-state index < -0.39 is 11.8 Å². The Labute approximate surface area is 157 Å². The van der Waals surface area contributed by atoms with Gasteiger partial charge in [0.15, 0.2) is 5.11 Å². The monoisotopic (exact) mass is 366 g/mol. The van der Waals surface area contributed by atoms with Crippen LogP contribution < -0.4 is 15.0 Å². The first kappa shape index (κ1) is 17.8. The van der Waals surface area contributed by atoms with Gasteiger partial charge >= 0.3 is 0 Å². The molecule has 0 saturated carbocycles. The minimum atomic E-state index is -0.502. The quantitative estimate of drug-likeness (QED) is 0.515. The number of carbonyl (C=O) groups is 2. The molecule has 0 atom stereocenters. The first-order valence-electron chi connectivity index (χ1n) is 8.04. The van der Waals surface area contributed by atoms with Gasteiger partial charge in [-0.1, -0.05) is 24.3 Å². The summed E-state index contributed by atoms with van der Waals surface area (Å²) in [7, 11) is 1.60. The summed E-state index contributed by atoms with van der Waals surface area (Å²) in [6.07, 6.45) is 1.57. The number of para-hydroxylation sites is 1. The lowest BCUT2D eigenvalue weighted by Gasteiger charge is -2.30. The maximum atomic E-state index is 13.0. The molecule has 1 aliphatic heterocycles. The summed E-state index contributed by atoms with van der Waals surface area (Å²) >= 11 is 5.22. The number of benzene rings is 2. The molecular weight excluding hydrogens is 348 g/mol. The number of methoxy groups -OCH3 is 1. The molecule has 0 bridgehead atoms. The largest absolute Gasteiger partial charge is 0.496 e. The number of thiocarbonyl (C=S) groups is 1. The second kappa shape index (κ2) is 7.09. The van der Waals surface area contributed by atoms with Crippen molar-refractivity contribution in [2.45, 2.75) is 13.8 Å². The number of amides is 2. The SMILES string of the molecule is COc1ccc(/C=C2\C(=O)NC(=S)N(c3ccccc3C)C2=O)cc1C. The number of anilines is 1. The highest BCUT2D eigenvalue weighted by molar-refractivity contribution is 7.80. The van der Waals surface area contributed by atoms with Crippen molar-refractivity contribution in [2.75, 3.05) is 12.0 Å². The summed E-state index contributed by atoms with van der Waals surface area (Å²) in [6.45, 7) is 3.79. The number of rotatable bonds is 3. The minimum absolute atomic E-state index is 0.0337. The van der Waals surface area contributed by atoms with E-state index in [0.717, 1.165) is 22.4 Å². The first-order chi connectivity index (χ1) is 12.4. The van der Waals surface area contributed by atoms with Crippen LogP contribution in [-0.2, 0) is 9.59 Å². The second-order valence-corrected chi connectivity index (χ2v) is 6.36. The highest BCUT2D eigenvalue weighted by Crippen LogP contribution is 2.26. The predicted molar refractivity (Wildman–Crippen MR) is 105 cm³/mol. The van der Waals surface area contributed by atoms with Crippen molar-refractivity contribution in [3.8, 4) is 5.75 Å². The fourth-order valence-corrected chi connectivity index (χ4v) is 3.12. The molecule has 2 aromatic carbocycles. The van der Waals surface area contributed by atoms with Crippen LogP contribution in [0.3, 0.4) is 0 Å². The molecule has 2 amide bonds. The molecule has 0 radical (unpaired) electrons. The molecule has 5 nitrogen and oxygen atoms in total. The van der Waals surface area contributed by atoms with Crippen LogP contribution in [0.15, 0.2) is 48.0 Å². The van der Waals surface area contributed by atoms with Gasteiger partial charge in [0.2, 0.25) is 0 Å². The predicted octanol–water partition coefficient (Wildman–Crippen LogP) is 3.14. The second-order valence-electron chi connectivity index (χ2n) is 5.97. The normalized spacial score (nSPS) is 16.0. The van der Waals surface area contributed by atoms with Gasteiger partial charge in [-0.3, -0.25) is 19.8 Å². The van der Waals surface area contributed by atoms with Crippen LogP contribution in [-0.4, -0.2) is 24.0 Å². The Morgan fingerprint density at radius 3 is 2.46 bits per heavy atom. The van der Waals surface area contributed by atoms with E-state index in [4.69, 9.17) is 17.0 Å². The van der Waals surface area contributed by atoms with Gasteiger partial charge in [-0.05, 0) is 67.0 Å². The molecule has 1 heterocycles. The average molecular weight is 366 g/mol. The van der Waals surface area contributed by atoms with Crippen LogP contribution in [0.1, 0.15) is 16.7 Å². The van der Waals surface area contributed by atoms with Crippen LogP contribution in [0.5, 0.6) is 5.75 Å². The zero-order chi connectivity index (χ0) is 18.8. The van der Waals surface area contributed by atoms with E-state index in [9.17, 15) is 9.59 Å². The number of aryl methyl sites for hydroxylation is 2. The molecule has 2 aromatic rings. The number of nitrogens with zero attached hydrogens (tertiary/aromatic N) is 1. The molecular formula is C20H18N2O3S. The molecule has 0 aliphatic carbocycles. The maximum absolute atomic E-state index is 13.0. The van der Waals surface area contributed by atoms with E-state index in [1.165, 1.54) is 4.90 Å². The van der Waals surface area contributed by atoms with Gasteiger partial charge < -0.3 is 4.74 Å². The summed E-state index contributed by atoms with van der Waals surface area (Å²) in [5.74, 6) is -0.200. The van der Waals surface area contributed by atoms with Gasteiger partial charge in [0, 0.05) is 0 Å². The van der Waals surface area contributed by atoms with Crippen LogP contribution in [0.25, 0.3) is 6.08 Å². The lowest BCUT2D eigenvalue weighted by atomic mass is 10.0. The highest BCUT2D eigenvalue weighted by Gasteiger charge is 2.34. The van der Waals surface area contributed by atoms with Gasteiger partial charge in [0.25, 0.3) is 11.8 Å². The summed E-state index contributed by atoms with van der Waals surface area (Å²) < 4.78 is 5.24. The van der Waals surface area contributed by atoms with Crippen molar-refractivity contribution in [3.05, 3.63) is 64.7 Å². The number of hydrogen-bond donors (Lipinski definition) is 1. The first-order valence-corrected chi connectivity index (χ1v) is 8.45. The van der Waals surface area contributed by atoms with Crippen LogP contribution in [0, 0.1) is 13.8 Å². The Morgan fingerprint density at radius 1 is 1.08 bits per heavy atom. The van der Waals surface area contributed by atoms with Crippen molar-refractivity contribution in [1.29, 1.82) is 0 Å². The van der Waals surface area contributed by atoms with Crippen LogP contribution in [0.4, 0.5) is 5.69 Å². The van der Waals surface area contributed by atoms with E-state index >= 15 is 0 Å². The molecule has 1 N–H and O–H groups in total. The van der Waals surface area contributed by atoms with Gasteiger partial charge in [-0.15, -0.1) is 0 Å². The maximum Gasteiger partial charge on any atom is 0.270 e. The van der Waals surface area contributed by atoms with Crippen molar-refractivity contribution in [1.82, 2.24) is 5.32 Å². The lowest BCUT2D eigenvalue weighted by molar-refractivity contribution is -0.122. The average Bonchev–Trinajstić information content (AvgIpc) is 2.60. The standard InChI is InChI=1S/C20H18N2O3S/c1-12-6-4-5-7-16(12)22-19(24)15(18(23)21-20(22)26)11-14-8-9-17(25-3)13(2)10-14/h4-11H,1-3H3,(H,21,23,26)/b15-11+. The molecule has 0 spiro atoms. The van der Waals surface area contributed by atoms with E-state index in [-0.39, 0.29) is 10.7 Å². The van der Waals surface area contributed by atoms with Gasteiger partial charge in [0.05, 0.1) is 12.8 Å². The molecule has 1 fully saturated rings. The van der Waals surface area contributed by atoms with Gasteiger partial charge in [-0.25, -0.2) is 0 Å². The van der Waals surface area contributed by atoms with E-state index in [0.29, 0.717) is 5.69 Å². The van der Waals surface area contributed by atoms with E-state index in [1.807, 2.05) is 38.1 Å². The van der Waals surface area contributed by atoms with Crippen molar-refractivity contribution in [3.63, 3.8) is 0 Å². The molecule has 0 aromatic heterocycles.